The maximum atomic E-state index is 12.7. The van der Waals surface area contributed by atoms with Gasteiger partial charge in [0.25, 0.3) is 5.60 Å². The average molecular weight is 422 g/mol. The molecular formula is C10H13F6IO3. The fraction of sp³-hybridized carbons (Fsp3) is 0.900. The monoisotopic (exact) mass is 422 g/mol. The molecule has 0 aromatic rings. The molecule has 0 aromatic heterocycles. The van der Waals surface area contributed by atoms with E-state index in [2.05, 4.69) is 4.74 Å². The number of halogens is 7. The Balaban J connectivity index is 5.79. The Morgan fingerprint density at radius 3 is 1.45 bits per heavy atom. The fourth-order valence-electron chi connectivity index (χ4n) is 1.27. The van der Waals surface area contributed by atoms with E-state index < -0.39 is 32.9 Å². The summed E-state index contributed by atoms with van der Waals surface area (Å²) in [4.78, 5) is 11.5. The molecule has 0 spiro atoms. The van der Waals surface area contributed by atoms with Gasteiger partial charge in [0.2, 0.25) is 0 Å². The van der Waals surface area contributed by atoms with Gasteiger partial charge in [-0.25, -0.2) is 0 Å². The summed E-state index contributed by atoms with van der Waals surface area (Å²) in [7, 11) is 0. The summed E-state index contributed by atoms with van der Waals surface area (Å²) < 4.78 is 79.0. The van der Waals surface area contributed by atoms with E-state index in [-0.39, 0.29) is 0 Å². The van der Waals surface area contributed by atoms with Crippen LogP contribution in [0.2, 0.25) is 0 Å². The number of hydrogen-bond acceptors (Lipinski definition) is 3. The highest BCUT2D eigenvalue weighted by Crippen LogP contribution is 2.50. The zero-order valence-corrected chi connectivity index (χ0v) is 13.1. The van der Waals surface area contributed by atoms with Crippen molar-refractivity contribution in [3.63, 3.8) is 0 Å². The van der Waals surface area contributed by atoms with Crippen LogP contribution in [0.1, 0.15) is 27.7 Å². The van der Waals surface area contributed by atoms with Crippen LogP contribution in [0.4, 0.5) is 26.3 Å². The number of esters is 1. The Bertz CT molecular complexity index is 366. The van der Waals surface area contributed by atoms with Crippen LogP contribution in [0.25, 0.3) is 0 Å². The standard InChI is InChI=1S/C10H13F6IO3/c1-6(2,17)5(18)20-7(3,4)8(19,9(11,12)13)10(14,15)16/h19H,1-4H3. The maximum Gasteiger partial charge on any atom is 0.430 e. The van der Waals surface area contributed by atoms with Gasteiger partial charge in [0.05, 0.1) is 0 Å². The van der Waals surface area contributed by atoms with E-state index in [0.717, 1.165) is 0 Å². The van der Waals surface area contributed by atoms with Crippen LogP contribution in [-0.4, -0.2) is 38.1 Å². The van der Waals surface area contributed by atoms with Crippen LogP contribution in [0.3, 0.4) is 0 Å². The van der Waals surface area contributed by atoms with Crippen molar-refractivity contribution in [1.29, 1.82) is 0 Å². The van der Waals surface area contributed by atoms with Gasteiger partial charge in [0.15, 0.2) is 5.60 Å². The predicted molar refractivity (Wildman–Crippen MR) is 65.3 cm³/mol. The van der Waals surface area contributed by atoms with Crippen molar-refractivity contribution in [3.8, 4) is 0 Å². The second-order valence-corrected chi connectivity index (χ2v) is 7.78. The molecule has 0 aliphatic rings. The highest BCUT2D eigenvalue weighted by Gasteiger charge is 2.78. The molecule has 1 N–H and O–H groups in total. The lowest BCUT2D eigenvalue weighted by molar-refractivity contribution is -0.407. The molecule has 0 atom stereocenters. The number of rotatable bonds is 3. The van der Waals surface area contributed by atoms with Crippen molar-refractivity contribution in [2.24, 2.45) is 0 Å². The van der Waals surface area contributed by atoms with Gasteiger partial charge in [0.1, 0.15) is 3.42 Å². The molecule has 20 heavy (non-hydrogen) atoms. The van der Waals surface area contributed by atoms with Gasteiger partial charge in [-0.15, -0.1) is 0 Å². The molecule has 0 unspecified atom stereocenters. The number of hydrogen-bond donors (Lipinski definition) is 1. The first kappa shape index (κ1) is 19.7. The van der Waals surface area contributed by atoms with E-state index in [1.165, 1.54) is 36.4 Å². The molecule has 0 aliphatic carbocycles. The summed E-state index contributed by atoms with van der Waals surface area (Å²) in [6, 6.07) is 0. The van der Waals surface area contributed by atoms with Crippen LogP contribution >= 0.6 is 22.6 Å². The topological polar surface area (TPSA) is 46.5 Å². The second-order valence-electron chi connectivity index (χ2n) is 5.08. The Hall–Kier alpha value is -0.260. The van der Waals surface area contributed by atoms with E-state index in [0.29, 0.717) is 13.8 Å². The van der Waals surface area contributed by atoms with Crippen LogP contribution in [-0.2, 0) is 9.53 Å². The number of aliphatic hydroxyl groups is 1. The molecule has 0 radical (unpaired) electrons. The summed E-state index contributed by atoms with van der Waals surface area (Å²) in [5.74, 6) is -1.31. The minimum absolute atomic E-state index is 0.355. The van der Waals surface area contributed by atoms with Crippen LogP contribution in [0.5, 0.6) is 0 Å². The zero-order chi connectivity index (χ0) is 16.8. The minimum Gasteiger partial charge on any atom is -0.455 e. The first-order chi connectivity index (χ1) is 8.38. The van der Waals surface area contributed by atoms with Crippen molar-refractivity contribution >= 4 is 28.6 Å². The molecule has 3 nitrogen and oxygen atoms in total. The van der Waals surface area contributed by atoms with Gasteiger partial charge in [0, 0.05) is 0 Å². The largest absolute Gasteiger partial charge is 0.455 e. The normalized spacial score (nSPS) is 15.2. The van der Waals surface area contributed by atoms with Crippen molar-refractivity contribution in [3.05, 3.63) is 0 Å². The molecule has 120 valence electrons. The van der Waals surface area contributed by atoms with Crippen molar-refractivity contribution in [1.82, 2.24) is 0 Å². The lowest BCUT2D eigenvalue weighted by Crippen LogP contribution is -2.70. The molecule has 0 aliphatic heterocycles. The third-order valence-electron chi connectivity index (χ3n) is 2.53. The lowest BCUT2D eigenvalue weighted by atomic mass is 9.84. The summed E-state index contributed by atoms with van der Waals surface area (Å²) in [6.07, 6.45) is -12.1. The van der Waals surface area contributed by atoms with Crippen LogP contribution in [0.15, 0.2) is 0 Å². The molecule has 0 fully saturated rings. The lowest BCUT2D eigenvalue weighted by Gasteiger charge is -2.43. The first-order valence-electron chi connectivity index (χ1n) is 5.16. The van der Waals surface area contributed by atoms with Gasteiger partial charge in [-0.05, 0) is 27.7 Å². The molecule has 0 bridgehead atoms. The average Bonchev–Trinajstić information content (AvgIpc) is 2.10. The van der Waals surface area contributed by atoms with Gasteiger partial charge >= 0.3 is 18.3 Å². The van der Waals surface area contributed by atoms with E-state index in [1.807, 2.05) is 0 Å². The van der Waals surface area contributed by atoms with Crippen LogP contribution in [0, 0.1) is 0 Å². The van der Waals surface area contributed by atoms with E-state index in [1.54, 1.807) is 0 Å². The van der Waals surface area contributed by atoms with E-state index in [9.17, 15) is 36.2 Å². The highest BCUT2D eigenvalue weighted by atomic mass is 127. The molecule has 0 aromatic carbocycles. The fourth-order valence-corrected chi connectivity index (χ4v) is 1.38. The molecule has 10 heteroatoms. The molecule has 0 saturated carbocycles. The highest BCUT2D eigenvalue weighted by molar-refractivity contribution is 14.1. The second kappa shape index (κ2) is 5.18. The van der Waals surface area contributed by atoms with Gasteiger partial charge in [-0.2, -0.15) is 26.3 Å². The first-order valence-corrected chi connectivity index (χ1v) is 6.24. The molecule has 0 rings (SSSR count). The molecular weight excluding hydrogens is 409 g/mol. The number of carbonyl (C=O) groups is 1. The Morgan fingerprint density at radius 2 is 1.25 bits per heavy atom. The quantitative estimate of drug-likeness (QED) is 0.329. The molecule has 0 heterocycles. The third kappa shape index (κ3) is 3.49. The van der Waals surface area contributed by atoms with Crippen molar-refractivity contribution in [2.75, 3.05) is 0 Å². The van der Waals surface area contributed by atoms with E-state index >= 15 is 0 Å². The molecule has 0 saturated heterocycles. The maximum absolute atomic E-state index is 12.7. The summed E-state index contributed by atoms with van der Waals surface area (Å²) in [5, 5.41) is 9.20. The Kier molecular flexibility index (Phi) is 5.11. The van der Waals surface area contributed by atoms with Crippen LogP contribution < -0.4 is 0 Å². The summed E-state index contributed by atoms with van der Waals surface area (Å²) in [6.45, 7) is 3.20. The summed E-state index contributed by atoms with van der Waals surface area (Å²) >= 11 is 1.49. The number of alkyl halides is 7. The van der Waals surface area contributed by atoms with Crippen molar-refractivity contribution in [2.45, 2.75) is 54.7 Å². The smallest absolute Gasteiger partial charge is 0.430 e. The predicted octanol–water partition coefficient (Wildman–Crippen LogP) is 3.38. The Morgan fingerprint density at radius 1 is 0.950 bits per heavy atom. The van der Waals surface area contributed by atoms with E-state index in [4.69, 9.17) is 0 Å². The zero-order valence-electron chi connectivity index (χ0n) is 10.9. The SMILES string of the molecule is CC(C)(I)C(=O)OC(C)(C)C(O)(C(F)(F)F)C(F)(F)F. The van der Waals surface area contributed by atoms with Gasteiger partial charge in [-0.3, -0.25) is 4.79 Å². The minimum atomic E-state index is -6.07. The number of ether oxygens (including phenoxy) is 1. The summed E-state index contributed by atoms with van der Waals surface area (Å²) in [5.41, 5.74) is -8.42. The molecule has 0 amide bonds. The number of carbonyl (C=O) groups excluding carboxylic acids is 1. The van der Waals surface area contributed by atoms with Crippen molar-refractivity contribution < 1.29 is 41.0 Å². The Labute approximate surface area is 124 Å². The van der Waals surface area contributed by atoms with Gasteiger partial charge < -0.3 is 9.84 Å². The third-order valence-corrected chi connectivity index (χ3v) is 2.97. The van der Waals surface area contributed by atoms with Gasteiger partial charge in [-0.1, -0.05) is 22.6 Å².